The number of hydrogen-bond donors (Lipinski definition) is 1. The van der Waals surface area contributed by atoms with Gasteiger partial charge in [-0.15, -0.1) is 11.3 Å². The number of nitrogens with zero attached hydrogens (tertiary/aromatic N) is 1. The Morgan fingerprint density at radius 3 is 2.73 bits per heavy atom. The molecule has 0 aliphatic carbocycles. The molecule has 1 aliphatic rings. The normalized spacial score (nSPS) is 17.0. The summed E-state index contributed by atoms with van der Waals surface area (Å²) in [6.45, 7) is 0. The summed E-state index contributed by atoms with van der Waals surface area (Å²) >= 11 is 9.96. The van der Waals surface area contributed by atoms with E-state index in [1.165, 1.54) is 16.2 Å². The lowest BCUT2D eigenvalue weighted by Crippen LogP contribution is -2.54. The van der Waals surface area contributed by atoms with Crippen LogP contribution in [0.1, 0.15) is 4.88 Å². The van der Waals surface area contributed by atoms with Crippen LogP contribution in [-0.4, -0.2) is 16.9 Å². The topological polar surface area (TPSA) is 49.4 Å². The molecule has 0 atom stereocenters. The molecule has 1 aliphatic heterocycles. The number of amides is 2. The Bertz CT molecular complexity index is 800. The van der Waals surface area contributed by atoms with Gasteiger partial charge < -0.3 is 0 Å². The number of benzene rings is 1. The monoisotopic (exact) mass is 392 g/mol. The number of anilines is 1. The van der Waals surface area contributed by atoms with Crippen molar-refractivity contribution < 1.29 is 9.59 Å². The van der Waals surface area contributed by atoms with Crippen LogP contribution in [0.2, 0.25) is 0 Å². The maximum Gasteiger partial charge on any atom is 0.270 e. The van der Waals surface area contributed by atoms with Gasteiger partial charge in [-0.05, 0) is 47.9 Å². The SMILES string of the molecule is O=C1NC(=S)N(c2cccc(Br)c2)C(=O)C1=Cc1cccs1. The lowest BCUT2D eigenvalue weighted by atomic mass is 10.1. The summed E-state index contributed by atoms with van der Waals surface area (Å²) in [6, 6.07) is 10.9. The first-order valence-corrected chi connectivity index (χ1v) is 8.35. The van der Waals surface area contributed by atoms with Crippen molar-refractivity contribution in [3.63, 3.8) is 0 Å². The number of carbonyl (C=O) groups excluding carboxylic acids is 2. The van der Waals surface area contributed by atoms with Crippen LogP contribution in [0.5, 0.6) is 0 Å². The second-order valence-corrected chi connectivity index (χ2v) is 6.73. The van der Waals surface area contributed by atoms with E-state index in [9.17, 15) is 9.59 Å². The minimum Gasteiger partial charge on any atom is -0.298 e. The minimum absolute atomic E-state index is 0.0658. The molecule has 2 aromatic rings. The lowest BCUT2D eigenvalue weighted by Gasteiger charge is -2.28. The molecule has 1 N–H and O–H groups in total. The van der Waals surface area contributed by atoms with E-state index in [1.54, 1.807) is 24.3 Å². The highest BCUT2D eigenvalue weighted by molar-refractivity contribution is 9.10. The van der Waals surface area contributed by atoms with Crippen molar-refractivity contribution in [2.45, 2.75) is 0 Å². The largest absolute Gasteiger partial charge is 0.298 e. The van der Waals surface area contributed by atoms with E-state index < -0.39 is 11.8 Å². The zero-order valence-corrected chi connectivity index (χ0v) is 14.3. The Hall–Kier alpha value is -1.83. The third kappa shape index (κ3) is 2.87. The van der Waals surface area contributed by atoms with Gasteiger partial charge in [-0.25, -0.2) is 0 Å². The van der Waals surface area contributed by atoms with Crippen molar-refractivity contribution in [3.8, 4) is 0 Å². The summed E-state index contributed by atoms with van der Waals surface area (Å²) in [7, 11) is 0. The van der Waals surface area contributed by atoms with Crippen molar-refractivity contribution in [1.29, 1.82) is 0 Å². The van der Waals surface area contributed by atoms with Gasteiger partial charge in [0.1, 0.15) is 5.57 Å². The summed E-state index contributed by atoms with van der Waals surface area (Å²) in [5, 5.41) is 4.52. The molecule has 1 aromatic carbocycles. The Balaban J connectivity index is 2.03. The fourth-order valence-electron chi connectivity index (χ4n) is 2.02. The zero-order valence-electron chi connectivity index (χ0n) is 11.1. The molecule has 110 valence electrons. The Labute approximate surface area is 144 Å². The van der Waals surface area contributed by atoms with Crippen molar-refractivity contribution in [2.75, 3.05) is 4.90 Å². The molecule has 0 spiro atoms. The average molecular weight is 393 g/mol. The number of nitrogens with one attached hydrogen (secondary N) is 1. The van der Waals surface area contributed by atoms with E-state index in [2.05, 4.69) is 21.2 Å². The van der Waals surface area contributed by atoms with Crippen molar-refractivity contribution in [1.82, 2.24) is 5.32 Å². The number of rotatable bonds is 2. The van der Waals surface area contributed by atoms with Crippen molar-refractivity contribution in [3.05, 3.63) is 56.7 Å². The van der Waals surface area contributed by atoms with Gasteiger partial charge in [0, 0.05) is 9.35 Å². The molecule has 3 rings (SSSR count). The fourth-order valence-corrected chi connectivity index (χ4v) is 3.35. The van der Waals surface area contributed by atoms with E-state index >= 15 is 0 Å². The number of thiophene rings is 1. The Kier molecular flexibility index (Phi) is 4.19. The van der Waals surface area contributed by atoms with E-state index in [0.29, 0.717) is 5.69 Å². The molecule has 0 unspecified atom stereocenters. The molecule has 0 saturated carbocycles. The molecule has 2 heterocycles. The van der Waals surface area contributed by atoms with Crippen molar-refractivity contribution in [2.24, 2.45) is 0 Å². The van der Waals surface area contributed by atoms with E-state index in [-0.39, 0.29) is 10.7 Å². The molecule has 1 saturated heterocycles. The van der Waals surface area contributed by atoms with Crippen LogP contribution in [0.4, 0.5) is 5.69 Å². The number of thiocarbonyl (C=S) groups is 1. The number of halogens is 1. The van der Waals surface area contributed by atoms with E-state index in [1.807, 2.05) is 23.6 Å². The van der Waals surface area contributed by atoms with Gasteiger partial charge in [0.05, 0.1) is 5.69 Å². The van der Waals surface area contributed by atoms with Crippen molar-refractivity contribution >= 4 is 68.2 Å². The number of carbonyl (C=O) groups is 2. The summed E-state index contributed by atoms with van der Waals surface area (Å²) in [5.74, 6) is -0.908. The highest BCUT2D eigenvalue weighted by atomic mass is 79.9. The smallest absolute Gasteiger partial charge is 0.270 e. The second-order valence-electron chi connectivity index (χ2n) is 4.45. The Morgan fingerprint density at radius 2 is 2.05 bits per heavy atom. The first-order valence-electron chi connectivity index (χ1n) is 6.27. The number of hydrogen-bond acceptors (Lipinski definition) is 4. The predicted molar refractivity (Wildman–Crippen MR) is 94.7 cm³/mol. The molecule has 2 amide bonds. The predicted octanol–water partition coefficient (Wildman–Crippen LogP) is 3.34. The lowest BCUT2D eigenvalue weighted by molar-refractivity contribution is -0.122. The van der Waals surface area contributed by atoms with Gasteiger partial charge in [-0.2, -0.15) is 0 Å². The third-order valence-corrected chi connectivity index (χ3v) is 4.60. The second kappa shape index (κ2) is 6.12. The van der Waals surface area contributed by atoms with Crippen LogP contribution in [-0.2, 0) is 9.59 Å². The van der Waals surface area contributed by atoms with E-state index in [0.717, 1.165) is 9.35 Å². The highest BCUT2D eigenvalue weighted by Gasteiger charge is 2.34. The van der Waals surface area contributed by atoms with Gasteiger partial charge in [-0.3, -0.25) is 19.8 Å². The van der Waals surface area contributed by atoms with Crippen LogP contribution in [0.3, 0.4) is 0 Å². The molecule has 1 aromatic heterocycles. The molecule has 7 heteroatoms. The highest BCUT2D eigenvalue weighted by Crippen LogP contribution is 2.25. The maximum absolute atomic E-state index is 12.7. The molecule has 1 fully saturated rings. The third-order valence-electron chi connectivity index (χ3n) is 3.00. The molecule has 0 bridgehead atoms. The van der Waals surface area contributed by atoms with Gasteiger partial charge in [0.15, 0.2) is 5.11 Å². The van der Waals surface area contributed by atoms with Crippen LogP contribution >= 0.6 is 39.5 Å². The molecule has 22 heavy (non-hydrogen) atoms. The van der Waals surface area contributed by atoms with Crippen LogP contribution in [0, 0.1) is 0 Å². The molecule has 0 radical (unpaired) electrons. The standard InChI is InChI=1S/C15H9BrN2O2S2/c16-9-3-1-4-10(7-9)18-14(20)12(13(19)17-15(18)21)8-11-5-2-6-22-11/h1-8H,(H,17,19,21). The molecular formula is C15H9BrN2O2S2. The van der Waals surface area contributed by atoms with Gasteiger partial charge in [0.2, 0.25) is 0 Å². The summed E-state index contributed by atoms with van der Waals surface area (Å²) < 4.78 is 0.821. The van der Waals surface area contributed by atoms with Gasteiger partial charge in [0.25, 0.3) is 11.8 Å². The fraction of sp³-hybridized carbons (Fsp3) is 0. The minimum atomic E-state index is -0.477. The zero-order chi connectivity index (χ0) is 15.7. The molecule has 4 nitrogen and oxygen atoms in total. The van der Waals surface area contributed by atoms with Crippen LogP contribution in [0.15, 0.2) is 51.8 Å². The van der Waals surface area contributed by atoms with Gasteiger partial charge in [-0.1, -0.05) is 28.1 Å². The van der Waals surface area contributed by atoms with E-state index in [4.69, 9.17) is 12.2 Å². The van der Waals surface area contributed by atoms with Gasteiger partial charge >= 0.3 is 0 Å². The molecular weight excluding hydrogens is 384 g/mol. The summed E-state index contributed by atoms with van der Waals surface area (Å²) in [5.41, 5.74) is 0.664. The van der Waals surface area contributed by atoms with Crippen LogP contribution < -0.4 is 10.2 Å². The maximum atomic E-state index is 12.7. The first-order chi connectivity index (χ1) is 10.6. The quantitative estimate of drug-likeness (QED) is 0.484. The van der Waals surface area contributed by atoms with Crippen LogP contribution in [0.25, 0.3) is 6.08 Å². The first kappa shape index (κ1) is 15.1. The summed E-state index contributed by atoms with van der Waals surface area (Å²) in [6.07, 6.45) is 1.58. The Morgan fingerprint density at radius 1 is 1.23 bits per heavy atom. The summed E-state index contributed by atoms with van der Waals surface area (Å²) in [4.78, 5) is 26.9. The average Bonchev–Trinajstić information content (AvgIpc) is 2.96.